The van der Waals surface area contributed by atoms with Gasteiger partial charge in [0.15, 0.2) is 0 Å². The molecule has 4 rings (SSSR count). The number of ether oxygens (including phenoxy) is 2. The first-order valence-corrected chi connectivity index (χ1v) is 11.1. The fourth-order valence-corrected chi connectivity index (χ4v) is 4.17. The lowest BCUT2D eigenvalue weighted by Crippen LogP contribution is -2.05. The van der Waals surface area contributed by atoms with Crippen molar-refractivity contribution in [3.63, 3.8) is 0 Å². The minimum Gasteiger partial charge on any atom is -0.488 e. The predicted octanol–water partition coefficient (Wildman–Crippen LogP) is 7.92. The zero-order valence-electron chi connectivity index (χ0n) is 16.5. The lowest BCUT2D eigenvalue weighted by Gasteiger charge is -2.11. The van der Waals surface area contributed by atoms with Crippen molar-refractivity contribution in [1.82, 2.24) is 0 Å². The highest BCUT2D eigenvalue weighted by atomic mass is 79.9. The number of fused-ring (bicyclic) bond motifs is 1. The number of halogens is 3. The number of hydrogen-bond acceptors (Lipinski definition) is 4. The van der Waals surface area contributed by atoms with Crippen molar-refractivity contribution >= 4 is 56.1 Å². The summed E-state index contributed by atoms with van der Waals surface area (Å²) in [4.78, 5) is 12.8. The topological polar surface area (TPSA) is 48.7 Å². The average Bonchev–Trinajstić information content (AvgIpc) is 3.12. The number of hydrogen-bond donors (Lipinski definition) is 0. The molecule has 0 fully saturated rings. The number of carbonyl (C=O) groups is 1. The van der Waals surface area contributed by atoms with Crippen molar-refractivity contribution < 1.29 is 18.7 Å². The van der Waals surface area contributed by atoms with Crippen molar-refractivity contribution in [2.75, 3.05) is 6.61 Å². The molecule has 31 heavy (non-hydrogen) atoms. The van der Waals surface area contributed by atoms with Crippen molar-refractivity contribution in [3.8, 4) is 17.1 Å². The molecule has 0 atom stereocenters. The van der Waals surface area contributed by atoms with Gasteiger partial charge in [0.25, 0.3) is 0 Å². The van der Waals surface area contributed by atoms with E-state index in [2.05, 4.69) is 15.9 Å². The van der Waals surface area contributed by atoms with Crippen LogP contribution in [-0.2, 0) is 11.3 Å². The molecule has 1 heterocycles. The van der Waals surface area contributed by atoms with Gasteiger partial charge in [0.2, 0.25) is 0 Å². The summed E-state index contributed by atoms with van der Waals surface area (Å²) in [6.07, 6.45) is 0. The highest BCUT2D eigenvalue weighted by Gasteiger charge is 2.24. The number of esters is 1. The normalized spacial score (nSPS) is 11.0. The SMILES string of the molecule is CCOC(=O)c1c(-c2ccccc2)oc2cc(Br)c(OCc3c(Cl)cccc3Cl)cc12. The third-order valence-electron chi connectivity index (χ3n) is 4.69. The van der Waals surface area contributed by atoms with Gasteiger partial charge >= 0.3 is 5.97 Å². The van der Waals surface area contributed by atoms with E-state index in [1.807, 2.05) is 30.3 Å². The Balaban J connectivity index is 1.79. The molecule has 0 N–H and O–H groups in total. The molecule has 0 bridgehead atoms. The van der Waals surface area contributed by atoms with Gasteiger partial charge in [-0.25, -0.2) is 4.79 Å². The molecular weight excluding hydrogens is 503 g/mol. The van der Waals surface area contributed by atoms with E-state index in [0.29, 0.717) is 48.1 Å². The molecule has 0 spiro atoms. The van der Waals surface area contributed by atoms with Gasteiger partial charge in [-0.05, 0) is 47.1 Å². The molecule has 0 aliphatic carbocycles. The monoisotopic (exact) mass is 518 g/mol. The third-order valence-corrected chi connectivity index (χ3v) is 6.02. The molecule has 7 heteroatoms. The first-order valence-electron chi connectivity index (χ1n) is 9.53. The second-order valence-corrected chi connectivity index (χ2v) is 8.33. The summed E-state index contributed by atoms with van der Waals surface area (Å²) >= 11 is 16.0. The number of rotatable bonds is 6. The molecule has 0 radical (unpaired) electrons. The van der Waals surface area contributed by atoms with E-state index in [9.17, 15) is 4.79 Å². The molecule has 0 unspecified atom stereocenters. The Morgan fingerprint density at radius 1 is 1.03 bits per heavy atom. The predicted molar refractivity (Wildman–Crippen MR) is 126 cm³/mol. The maximum atomic E-state index is 12.8. The van der Waals surface area contributed by atoms with E-state index < -0.39 is 5.97 Å². The van der Waals surface area contributed by atoms with E-state index >= 15 is 0 Å². The Hall–Kier alpha value is -2.47. The summed E-state index contributed by atoms with van der Waals surface area (Å²) in [7, 11) is 0. The van der Waals surface area contributed by atoms with Crippen LogP contribution in [-0.4, -0.2) is 12.6 Å². The number of benzene rings is 3. The fraction of sp³-hybridized carbons (Fsp3) is 0.125. The van der Waals surface area contributed by atoms with Crippen LogP contribution >= 0.6 is 39.1 Å². The summed E-state index contributed by atoms with van der Waals surface area (Å²) in [6.45, 7) is 2.19. The number of furan rings is 1. The number of carbonyl (C=O) groups excluding carboxylic acids is 1. The maximum absolute atomic E-state index is 12.8. The van der Waals surface area contributed by atoms with Gasteiger partial charge < -0.3 is 13.9 Å². The average molecular weight is 520 g/mol. The molecule has 0 saturated heterocycles. The van der Waals surface area contributed by atoms with Gasteiger partial charge in [-0.2, -0.15) is 0 Å². The minimum atomic E-state index is -0.456. The van der Waals surface area contributed by atoms with Crippen LogP contribution in [0.3, 0.4) is 0 Å². The van der Waals surface area contributed by atoms with E-state index in [1.165, 1.54) is 0 Å². The lowest BCUT2D eigenvalue weighted by molar-refractivity contribution is 0.0529. The zero-order chi connectivity index (χ0) is 22.0. The highest BCUT2D eigenvalue weighted by Crippen LogP contribution is 2.40. The third kappa shape index (κ3) is 4.45. The molecule has 1 aromatic heterocycles. The second-order valence-electron chi connectivity index (χ2n) is 6.66. The van der Waals surface area contributed by atoms with E-state index in [1.54, 1.807) is 37.3 Å². The fourth-order valence-electron chi connectivity index (χ4n) is 3.23. The van der Waals surface area contributed by atoms with Gasteiger partial charge in [-0.3, -0.25) is 0 Å². The van der Waals surface area contributed by atoms with E-state index in [0.717, 1.165) is 5.56 Å². The molecule has 0 aliphatic heterocycles. The highest BCUT2D eigenvalue weighted by molar-refractivity contribution is 9.10. The Morgan fingerprint density at radius 2 is 1.74 bits per heavy atom. The summed E-state index contributed by atoms with van der Waals surface area (Å²) in [5.41, 5.74) is 2.36. The van der Waals surface area contributed by atoms with Crippen molar-refractivity contribution in [2.24, 2.45) is 0 Å². The molecule has 3 aromatic carbocycles. The molecule has 0 aliphatic rings. The van der Waals surface area contributed by atoms with Crippen LogP contribution in [0.25, 0.3) is 22.3 Å². The van der Waals surface area contributed by atoms with Gasteiger partial charge in [0, 0.05) is 26.6 Å². The Kier molecular flexibility index (Phi) is 6.56. The summed E-state index contributed by atoms with van der Waals surface area (Å²) in [6, 6.07) is 18.2. The Bertz CT molecular complexity index is 1230. The van der Waals surface area contributed by atoms with Crippen molar-refractivity contribution in [1.29, 1.82) is 0 Å². The molecule has 0 amide bonds. The van der Waals surface area contributed by atoms with Gasteiger partial charge in [-0.1, -0.05) is 59.6 Å². The Morgan fingerprint density at radius 3 is 2.42 bits per heavy atom. The maximum Gasteiger partial charge on any atom is 0.342 e. The smallest absolute Gasteiger partial charge is 0.342 e. The van der Waals surface area contributed by atoms with Crippen LogP contribution in [0.5, 0.6) is 5.75 Å². The van der Waals surface area contributed by atoms with Crippen LogP contribution in [0.15, 0.2) is 69.6 Å². The first-order chi connectivity index (χ1) is 15.0. The molecule has 158 valence electrons. The molecule has 0 saturated carbocycles. The Labute approximate surface area is 197 Å². The van der Waals surface area contributed by atoms with Crippen LogP contribution in [0.4, 0.5) is 0 Å². The quantitative estimate of drug-likeness (QED) is 0.243. The van der Waals surface area contributed by atoms with E-state index in [-0.39, 0.29) is 13.2 Å². The zero-order valence-corrected chi connectivity index (χ0v) is 19.6. The molecule has 4 aromatic rings. The summed E-state index contributed by atoms with van der Waals surface area (Å²) in [5.74, 6) is 0.518. The summed E-state index contributed by atoms with van der Waals surface area (Å²) in [5, 5.41) is 1.64. The lowest BCUT2D eigenvalue weighted by atomic mass is 10.1. The van der Waals surface area contributed by atoms with Crippen LogP contribution in [0.2, 0.25) is 10.0 Å². The minimum absolute atomic E-state index is 0.167. The van der Waals surface area contributed by atoms with Gasteiger partial charge in [0.1, 0.15) is 29.3 Å². The molecule has 4 nitrogen and oxygen atoms in total. The summed E-state index contributed by atoms with van der Waals surface area (Å²) < 4.78 is 18.0. The van der Waals surface area contributed by atoms with Crippen LogP contribution < -0.4 is 4.74 Å². The van der Waals surface area contributed by atoms with E-state index in [4.69, 9.17) is 37.1 Å². The van der Waals surface area contributed by atoms with Crippen LogP contribution in [0.1, 0.15) is 22.8 Å². The van der Waals surface area contributed by atoms with Gasteiger partial charge in [-0.15, -0.1) is 0 Å². The molecular formula is C24H17BrCl2O4. The van der Waals surface area contributed by atoms with Crippen LogP contribution in [0, 0.1) is 0 Å². The van der Waals surface area contributed by atoms with Gasteiger partial charge in [0.05, 0.1) is 11.1 Å². The second kappa shape index (κ2) is 9.35. The van der Waals surface area contributed by atoms with Crippen molar-refractivity contribution in [2.45, 2.75) is 13.5 Å². The van der Waals surface area contributed by atoms with Crippen molar-refractivity contribution in [3.05, 3.63) is 86.3 Å². The largest absolute Gasteiger partial charge is 0.488 e. The first kappa shape index (κ1) is 21.8. The standard InChI is InChI=1S/C24H17BrCl2O4/c1-2-29-24(28)22-15-11-21(30-13-16-18(26)9-6-10-19(16)27)17(25)12-20(15)31-23(22)14-7-4-3-5-8-14/h3-12H,2,13H2,1H3.